The maximum absolute atomic E-state index is 12.5. The second kappa shape index (κ2) is 7.21. The van der Waals surface area contributed by atoms with Gasteiger partial charge < -0.3 is 19.1 Å². The Labute approximate surface area is 142 Å². The SMILES string of the molecule is COC(=O)CCC1(C(=O)OC)CN(c2ccccc2)CC(C)(C)O1. The Morgan fingerprint density at radius 3 is 2.38 bits per heavy atom. The van der Waals surface area contributed by atoms with Crippen molar-refractivity contribution >= 4 is 17.6 Å². The second-order valence-corrected chi connectivity index (χ2v) is 6.62. The summed E-state index contributed by atoms with van der Waals surface area (Å²) in [7, 11) is 2.66. The molecular formula is C18H25NO5. The molecule has 1 unspecified atom stereocenters. The standard InChI is InChI=1S/C18H25NO5/c1-17(2)12-19(14-8-6-5-7-9-14)13-18(24-17,16(21)23-4)11-10-15(20)22-3/h5-9H,10-13H2,1-4H3. The fraction of sp³-hybridized carbons (Fsp3) is 0.556. The molecule has 1 aromatic carbocycles. The number of benzene rings is 1. The van der Waals surface area contributed by atoms with E-state index in [1.165, 1.54) is 14.2 Å². The van der Waals surface area contributed by atoms with Gasteiger partial charge in [-0.05, 0) is 32.4 Å². The van der Waals surface area contributed by atoms with Gasteiger partial charge in [-0.15, -0.1) is 0 Å². The quantitative estimate of drug-likeness (QED) is 0.769. The normalized spacial score (nSPS) is 22.8. The van der Waals surface area contributed by atoms with Gasteiger partial charge in [-0.25, -0.2) is 4.79 Å². The van der Waals surface area contributed by atoms with E-state index >= 15 is 0 Å². The number of hydrogen-bond donors (Lipinski definition) is 0. The van der Waals surface area contributed by atoms with Crippen molar-refractivity contribution in [3.05, 3.63) is 30.3 Å². The summed E-state index contributed by atoms with van der Waals surface area (Å²) in [6.07, 6.45) is 0.295. The third kappa shape index (κ3) is 4.06. The van der Waals surface area contributed by atoms with Gasteiger partial charge in [0.25, 0.3) is 0 Å². The van der Waals surface area contributed by atoms with Gasteiger partial charge in [0.1, 0.15) is 0 Å². The van der Waals surface area contributed by atoms with Crippen molar-refractivity contribution in [1.29, 1.82) is 0 Å². The molecule has 1 aromatic rings. The first kappa shape index (κ1) is 18.3. The number of methoxy groups -OCH3 is 2. The Bertz CT molecular complexity index is 586. The van der Waals surface area contributed by atoms with Crippen LogP contribution in [0, 0.1) is 0 Å². The number of ether oxygens (including phenoxy) is 3. The van der Waals surface area contributed by atoms with Gasteiger partial charge in [0.2, 0.25) is 0 Å². The van der Waals surface area contributed by atoms with Crippen LogP contribution < -0.4 is 4.90 Å². The lowest BCUT2D eigenvalue weighted by atomic mass is 9.90. The number of morpholine rings is 1. The van der Waals surface area contributed by atoms with Gasteiger partial charge in [-0.3, -0.25) is 4.79 Å². The molecule has 1 heterocycles. The first-order valence-corrected chi connectivity index (χ1v) is 7.97. The lowest BCUT2D eigenvalue weighted by molar-refractivity contribution is -0.197. The summed E-state index contributed by atoms with van der Waals surface area (Å²) >= 11 is 0. The van der Waals surface area contributed by atoms with E-state index < -0.39 is 17.2 Å². The summed E-state index contributed by atoms with van der Waals surface area (Å²) in [5.74, 6) is -0.850. The summed E-state index contributed by atoms with van der Waals surface area (Å²) in [5.41, 5.74) is -0.779. The van der Waals surface area contributed by atoms with E-state index in [-0.39, 0.29) is 18.8 Å². The van der Waals surface area contributed by atoms with Crippen LogP contribution in [-0.4, -0.2) is 50.4 Å². The van der Waals surface area contributed by atoms with Crippen LogP contribution >= 0.6 is 0 Å². The first-order chi connectivity index (χ1) is 11.3. The van der Waals surface area contributed by atoms with E-state index in [9.17, 15) is 9.59 Å². The van der Waals surface area contributed by atoms with E-state index in [2.05, 4.69) is 4.90 Å². The Morgan fingerprint density at radius 2 is 1.79 bits per heavy atom. The maximum atomic E-state index is 12.5. The van der Waals surface area contributed by atoms with Gasteiger partial charge in [0.05, 0.1) is 26.4 Å². The Kier molecular flexibility index (Phi) is 5.49. The number of carbonyl (C=O) groups is 2. The first-order valence-electron chi connectivity index (χ1n) is 7.97. The highest BCUT2D eigenvalue weighted by molar-refractivity contribution is 5.82. The van der Waals surface area contributed by atoms with Crippen LogP contribution in [0.15, 0.2) is 30.3 Å². The van der Waals surface area contributed by atoms with E-state index in [1.54, 1.807) is 0 Å². The molecule has 0 aliphatic carbocycles. The topological polar surface area (TPSA) is 65.1 Å². The Balaban J connectivity index is 2.33. The molecule has 1 saturated heterocycles. The Hall–Kier alpha value is -2.08. The van der Waals surface area contributed by atoms with Crippen molar-refractivity contribution in [3.63, 3.8) is 0 Å². The van der Waals surface area contributed by atoms with Crippen molar-refractivity contribution < 1.29 is 23.8 Å². The fourth-order valence-electron chi connectivity index (χ4n) is 3.17. The molecule has 6 nitrogen and oxygen atoms in total. The third-order valence-electron chi connectivity index (χ3n) is 4.13. The van der Waals surface area contributed by atoms with Crippen LogP contribution in [0.1, 0.15) is 26.7 Å². The van der Waals surface area contributed by atoms with E-state index in [0.717, 1.165) is 5.69 Å². The van der Waals surface area contributed by atoms with Gasteiger partial charge in [-0.2, -0.15) is 0 Å². The molecule has 2 rings (SSSR count). The van der Waals surface area contributed by atoms with Crippen LogP contribution in [0.25, 0.3) is 0 Å². The summed E-state index contributed by atoms with van der Waals surface area (Å²) in [6, 6.07) is 9.82. The maximum Gasteiger partial charge on any atom is 0.340 e. The second-order valence-electron chi connectivity index (χ2n) is 6.62. The average molecular weight is 335 g/mol. The minimum absolute atomic E-state index is 0.0876. The molecule has 0 amide bonds. The predicted molar refractivity (Wildman–Crippen MR) is 89.8 cm³/mol. The molecule has 0 saturated carbocycles. The lowest BCUT2D eigenvalue weighted by Crippen LogP contribution is -2.63. The number of rotatable bonds is 5. The van der Waals surface area contributed by atoms with Gasteiger partial charge >= 0.3 is 11.9 Å². The molecular weight excluding hydrogens is 310 g/mol. The highest BCUT2D eigenvalue weighted by atomic mass is 16.6. The zero-order valence-electron chi connectivity index (χ0n) is 14.7. The van der Waals surface area contributed by atoms with Crippen molar-refractivity contribution in [2.45, 2.75) is 37.9 Å². The van der Waals surface area contributed by atoms with Gasteiger partial charge in [-0.1, -0.05) is 18.2 Å². The Morgan fingerprint density at radius 1 is 1.12 bits per heavy atom. The molecule has 24 heavy (non-hydrogen) atoms. The molecule has 0 N–H and O–H groups in total. The van der Waals surface area contributed by atoms with Crippen molar-refractivity contribution in [2.24, 2.45) is 0 Å². The van der Waals surface area contributed by atoms with Crippen molar-refractivity contribution in [2.75, 3.05) is 32.2 Å². The van der Waals surface area contributed by atoms with Crippen LogP contribution in [0.4, 0.5) is 5.69 Å². The number of nitrogens with zero attached hydrogens (tertiary/aromatic N) is 1. The molecule has 0 radical (unpaired) electrons. The monoisotopic (exact) mass is 335 g/mol. The van der Waals surface area contributed by atoms with Crippen LogP contribution in [0.2, 0.25) is 0 Å². The molecule has 1 aliphatic rings. The summed E-state index contributed by atoms with van der Waals surface area (Å²) in [4.78, 5) is 26.2. The highest BCUT2D eigenvalue weighted by Gasteiger charge is 2.50. The fourth-order valence-corrected chi connectivity index (χ4v) is 3.17. The molecule has 6 heteroatoms. The largest absolute Gasteiger partial charge is 0.469 e. The number of hydrogen-bond acceptors (Lipinski definition) is 6. The van der Waals surface area contributed by atoms with E-state index in [0.29, 0.717) is 13.1 Å². The van der Waals surface area contributed by atoms with Crippen molar-refractivity contribution in [1.82, 2.24) is 0 Å². The van der Waals surface area contributed by atoms with Gasteiger partial charge in [0.15, 0.2) is 5.60 Å². The molecule has 0 spiro atoms. The number of para-hydroxylation sites is 1. The molecule has 0 aromatic heterocycles. The van der Waals surface area contributed by atoms with Crippen LogP contribution in [0.3, 0.4) is 0 Å². The number of anilines is 1. The molecule has 132 valence electrons. The van der Waals surface area contributed by atoms with Crippen LogP contribution in [0.5, 0.6) is 0 Å². The predicted octanol–water partition coefficient (Wildman–Crippen LogP) is 2.17. The molecule has 0 bridgehead atoms. The minimum atomic E-state index is -1.21. The van der Waals surface area contributed by atoms with Crippen LogP contribution in [-0.2, 0) is 23.8 Å². The van der Waals surface area contributed by atoms with Gasteiger partial charge in [0, 0.05) is 18.7 Å². The summed E-state index contributed by atoms with van der Waals surface area (Å²) in [6.45, 7) is 4.81. The van der Waals surface area contributed by atoms with Crippen molar-refractivity contribution in [3.8, 4) is 0 Å². The highest BCUT2D eigenvalue weighted by Crippen LogP contribution is 2.35. The van der Waals surface area contributed by atoms with E-state index in [4.69, 9.17) is 14.2 Å². The molecule has 1 aliphatic heterocycles. The lowest BCUT2D eigenvalue weighted by Gasteiger charge is -2.49. The third-order valence-corrected chi connectivity index (χ3v) is 4.13. The smallest absolute Gasteiger partial charge is 0.340 e. The minimum Gasteiger partial charge on any atom is -0.469 e. The zero-order valence-corrected chi connectivity index (χ0v) is 14.7. The number of esters is 2. The average Bonchev–Trinajstić information content (AvgIpc) is 2.58. The van der Waals surface area contributed by atoms with E-state index in [1.807, 2.05) is 44.2 Å². The summed E-state index contributed by atoms with van der Waals surface area (Å²) in [5, 5.41) is 0. The molecule has 1 atom stereocenters. The molecule has 1 fully saturated rings. The summed E-state index contributed by atoms with van der Waals surface area (Å²) < 4.78 is 15.8. The zero-order chi connectivity index (χ0) is 17.8. The number of carbonyl (C=O) groups excluding carboxylic acids is 2.